The van der Waals surface area contributed by atoms with Gasteiger partial charge in [-0.3, -0.25) is 4.79 Å². The number of nitrogens with zero attached hydrogens (tertiary/aromatic N) is 3. The second-order valence-corrected chi connectivity index (χ2v) is 4.15. The van der Waals surface area contributed by atoms with Crippen molar-refractivity contribution in [3.63, 3.8) is 0 Å². The molecule has 0 aliphatic carbocycles. The molecule has 0 unspecified atom stereocenters. The van der Waals surface area contributed by atoms with E-state index in [9.17, 15) is 4.79 Å². The Morgan fingerprint density at radius 1 is 1.39 bits per heavy atom. The van der Waals surface area contributed by atoms with Gasteiger partial charge in [-0.25, -0.2) is 4.98 Å². The van der Waals surface area contributed by atoms with Gasteiger partial charge in [0.25, 0.3) is 0 Å². The molecule has 5 nitrogen and oxygen atoms in total. The van der Waals surface area contributed by atoms with E-state index in [0.29, 0.717) is 12.4 Å². The van der Waals surface area contributed by atoms with E-state index in [2.05, 4.69) is 9.97 Å². The number of benzene rings is 1. The van der Waals surface area contributed by atoms with Crippen LogP contribution in [0.4, 0.5) is 5.82 Å². The summed E-state index contributed by atoms with van der Waals surface area (Å²) in [5.74, 6) is 0.225. The maximum Gasteiger partial charge on any atom is 0.236 e. The molecule has 0 saturated heterocycles. The Hall–Kier alpha value is -1.88. The Balaban J connectivity index is 2.57. The Morgan fingerprint density at radius 2 is 2.11 bits per heavy atom. The zero-order valence-corrected chi connectivity index (χ0v) is 10.7. The number of aromatic nitrogens is 2. The molecule has 2 aromatic rings. The zero-order chi connectivity index (χ0) is 13.1. The minimum absolute atomic E-state index is 0.105. The van der Waals surface area contributed by atoms with E-state index in [-0.39, 0.29) is 11.8 Å². The first-order valence-electron chi connectivity index (χ1n) is 5.57. The van der Waals surface area contributed by atoms with Gasteiger partial charge in [-0.1, -0.05) is 12.1 Å². The van der Waals surface area contributed by atoms with Gasteiger partial charge in [0.2, 0.25) is 11.2 Å². The number of carbonyl (C=O) groups excluding carboxylic acids is 1. The quantitative estimate of drug-likeness (QED) is 0.852. The van der Waals surface area contributed by atoms with Gasteiger partial charge >= 0.3 is 0 Å². The lowest BCUT2D eigenvalue weighted by Gasteiger charge is -2.21. The topological polar surface area (TPSA) is 72.1 Å². The summed E-state index contributed by atoms with van der Waals surface area (Å²) in [6, 6.07) is 7.51. The van der Waals surface area contributed by atoms with E-state index >= 15 is 0 Å². The van der Waals surface area contributed by atoms with Crippen LogP contribution in [0.3, 0.4) is 0 Å². The highest BCUT2D eigenvalue weighted by Crippen LogP contribution is 2.24. The first-order valence-corrected chi connectivity index (χ1v) is 5.95. The number of rotatable bonds is 4. The van der Waals surface area contributed by atoms with E-state index in [1.165, 1.54) is 0 Å². The number of anilines is 1. The fraction of sp³-hybridized carbons (Fsp3) is 0.250. The molecule has 0 fully saturated rings. The number of amides is 1. The second-order valence-electron chi connectivity index (χ2n) is 3.81. The molecule has 0 bridgehead atoms. The van der Waals surface area contributed by atoms with E-state index in [1.807, 2.05) is 31.2 Å². The molecule has 0 saturated carbocycles. The molecule has 0 aliphatic heterocycles. The van der Waals surface area contributed by atoms with Gasteiger partial charge in [-0.2, -0.15) is 4.98 Å². The SMILES string of the molecule is CCN(CC(N)=O)c1nc(Cl)nc2ccccc12. The number of hydrogen-bond donors (Lipinski definition) is 1. The van der Waals surface area contributed by atoms with E-state index in [4.69, 9.17) is 17.3 Å². The Kier molecular flexibility index (Phi) is 3.62. The molecule has 1 aromatic heterocycles. The van der Waals surface area contributed by atoms with Gasteiger partial charge in [0.1, 0.15) is 5.82 Å². The number of hydrogen-bond acceptors (Lipinski definition) is 4. The molecule has 18 heavy (non-hydrogen) atoms. The third-order valence-corrected chi connectivity index (χ3v) is 2.75. The van der Waals surface area contributed by atoms with Crippen LogP contribution in [-0.4, -0.2) is 29.0 Å². The average molecular weight is 265 g/mol. The number of primary amides is 1. The van der Waals surface area contributed by atoms with Crippen LogP contribution in [0.25, 0.3) is 10.9 Å². The molecule has 1 amide bonds. The Morgan fingerprint density at radius 3 is 2.78 bits per heavy atom. The Labute approximate surface area is 110 Å². The fourth-order valence-corrected chi connectivity index (χ4v) is 1.97. The summed E-state index contributed by atoms with van der Waals surface area (Å²) in [7, 11) is 0. The first kappa shape index (κ1) is 12.6. The van der Waals surface area contributed by atoms with Crippen molar-refractivity contribution in [2.75, 3.05) is 18.0 Å². The molecule has 0 atom stereocenters. The molecule has 1 heterocycles. The zero-order valence-electron chi connectivity index (χ0n) is 9.93. The third kappa shape index (κ3) is 2.51. The highest BCUT2D eigenvalue weighted by molar-refractivity contribution is 6.28. The minimum Gasteiger partial charge on any atom is -0.368 e. The largest absolute Gasteiger partial charge is 0.368 e. The lowest BCUT2D eigenvalue weighted by molar-refractivity contribution is -0.116. The number of para-hydroxylation sites is 1. The van der Waals surface area contributed by atoms with Crippen LogP contribution in [0.15, 0.2) is 24.3 Å². The third-order valence-electron chi connectivity index (χ3n) is 2.58. The van der Waals surface area contributed by atoms with Crippen molar-refractivity contribution in [2.24, 2.45) is 5.73 Å². The predicted molar refractivity (Wildman–Crippen MR) is 71.6 cm³/mol. The van der Waals surface area contributed by atoms with Crippen LogP contribution < -0.4 is 10.6 Å². The lowest BCUT2D eigenvalue weighted by atomic mass is 10.2. The molecule has 2 rings (SSSR count). The summed E-state index contributed by atoms with van der Waals surface area (Å²) in [5, 5.41) is 1.01. The monoisotopic (exact) mass is 264 g/mol. The van der Waals surface area contributed by atoms with Crippen molar-refractivity contribution >= 4 is 34.2 Å². The highest BCUT2D eigenvalue weighted by atomic mass is 35.5. The molecular formula is C12H13ClN4O. The maximum absolute atomic E-state index is 11.1. The molecule has 0 radical (unpaired) electrons. The van der Waals surface area contributed by atoms with Gasteiger partial charge in [0.05, 0.1) is 12.1 Å². The fourth-order valence-electron chi connectivity index (χ4n) is 1.80. The van der Waals surface area contributed by atoms with Gasteiger partial charge in [-0.15, -0.1) is 0 Å². The van der Waals surface area contributed by atoms with E-state index in [0.717, 1.165) is 10.9 Å². The molecule has 0 aliphatic rings. The Bertz CT molecular complexity index is 587. The lowest BCUT2D eigenvalue weighted by Crippen LogP contribution is -2.34. The van der Waals surface area contributed by atoms with Gasteiger partial charge in [0.15, 0.2) is 0 Å². The molecule has 1 aromatic carbocycles. The van der Waals surface area contributed by atoms with E-state index in [1.54, 1.807) is 4.90 Å². The average Bonchev–Trinajstić information content (AvgIpc) is 2.34. The van der Waals surface area contributed by atoms with Gasteiger partial charge in [-0.05, 0) is 30.7 Å². The smallest absolute Gasteiger partial charge is 0.236 e. The van der Waals surface area contributed by atoms with Crippen molar-refractivity contribution in [2.45, 2.75) is 6.92 Å². The number of likely N-dealkylation sites (N-methyl/N-ethyl adjacent to an activating group) is 1. The van der Waals surface area contributed by atoms with Crippen LogP contribution in [-0.2, 0) is 4.79 Å². The van der Waals surface area contributed by atoms with Crippen LogP contribution in [0, 0.1) is 0 Å². The van der Waals surface area contributed by atoms with Crippen molar-refractivity contribution in [1.82, 2.24) is 9.97 Å². The normalized spacial score (nSPS) is 10.6. The first-order chi connectivity index (χ1) is 8.61. The number of carbonyl (C=O) groups is 1. The molecule has 2 N–H and O–H groups in total. The predicted octanol–water partition coefficient (Wildman–Crippen LogP) is 1.59. The number of nitrogens with two attached hydrogens (primary N) is 1. The summed E-state index contributed by atoms with van der Waals surface area (Å²) in [5.41, 5.74) is 5.98. The summed E-state index contributed by atoms with van der Waals surface area (Å²) >= 11 is 5.90. The second kappa shape index (κ2) is 5.18. The van der Waals surface area contributed by atoms with E-state index < -0.39 is 5.91 Å². The standard InChI is InChI=1S/C12H13ClN4O/c1-2-17(7-10(14)18)11-8-5-3-4-6-9(8)15-12(13)16-11/h3-6H,2,7H2,1H3,(H2,14,18). The van der Waals surface area contributed by atoms with Crippen LogP contribution >= 0.6 is 11.6 Å². The van der Waals surface area contributed by atoms with Crippen LogP contribution in [0.5, 0.6) is 0 Å². The molecular weight excluding hydrogens is 252 g/mol. The van der Waals surface area contributed by atoms with Gasteiger partial charge < -0.3 is 10.6 Å². The number of fused-ring (bicyclic) bond motifs is 1. The molecule has 0 spiro atoms. The molecule has 6 heteroatoms. The summed E-state index contributed by atoms with van der Waals surface area (Å²) < 4.78 is 0. The highest BCUT2D eigenvalue weighted by Gasteiger charge is 2.14. The van der Waals surface area contributed by atoms with Crippen LogP contribution in [0.1, 0.15) is 6.92 Å². The maximum atomic E-state index is 11.1. The van der Waals surface area contributed by atoms with Crippen LogP contribution in [0.2, 0.25) is 5.28 Å². The van der Waals surface area contributed by atoms with Gasteiger partial charge in [0, 0.05) is 11.9 Å². The summed E-state index contributed by atoms with van der Waals surface area (Å²) in [6.07, 6.45) is 0. The molecule has 94 valence electrons. The van der Waals surface area contributed by atoms with Crippen molar-refractivity contribution in [3.8, 4) is 0 Å². The number of halogens is 1. The summed E-state index contributed by atoms with van der Waals surface area (Å²) in [6.45, 7) is 2.64. The van der Waals surface area contributed by atoms with Crippen molar-refractivity contribution in [3.05, 3.63) is 29.5 Å². The van der Waals surface area contributed by atoms with Crippen molar-refractivity contribution in [1.29, 1.82) is 0 Å². The van der Waals surface area contributed by atoms with Crippen molar-refractivity contribution < 1.29 is 4.79 Å². The minimum atomic E-state index is -0.407. The summed E-state index contributed by atoms with van der Waals surface area (Å²) in [4.78, 5) is 21.2.